The Morgan fingerprint density at radius 3 is 2.62 bits per heavy atom. The number of aromatic nitrogens is 2. The summed E-state index contributed by atoms with van der Waals surface area (Å²) in [6.07, 6.45) is 10.1. The van der Waals surface area contributed by atoms with Crippen LogP contribution in [0.25, 0.3) is 0 Å². The molecule has 2 aromatic heterocycles. The predicted molar refractivity (Wildman–Crippen MR) is 103 cm³/mol. The SMILES string of the molecule is CN=C(NCc1ccc(OC2CCCCC2)nc1)NCc1ccccn1. The highest BCUT2D eigenvalue weighted by Gasteiger charge is 2.15. The van der Waals surface area contributed by atoms with Crippen LogP contribution in [0, 0.1) is 0 Å². The molecule has 2 heterocycles. The fourth-order valence-corrected chi connectivity index (χ4v) is 3.02. The summed E-state index contributed by atoms with van der Waals surface area (Å²) in [5.74, 6) is 1.46. The molecule has 0 unspecified atom stereocenters. The first-order valence-electron chi connectivity index (χ1n) is 9.29. The predicted octanol–water partition coefficient (Wildman–Crippen LogP) is 3.05. The Balaban J connectivity index is 1.44. The first kappa shape index (κ1) is 18.2. The Kier molecular flexibility index (Phi) is 6.81. The van der Waals surface area contributed by atoms with E-state index in [1.165, 1.54) is 19.3 Å². The number of ether oxygens (including phenoxy) is 1. The van der Waals surface area contributed by atoms with Crippen LogP contribution < -0.4 is 15.4 Å². The van der Waals surface area contributed by atoms with Crippen molar-refractivity contribution in [2.75, 3.05) is 7.05 Å². The number of guanidine groups is 1. The van der Waals surface area contributed by atoms with Crippen molar-refractivity contribution in [1.29, 1.82) is 0 Å². The topological polar surface area (TPSA) is 71.4 Å². The standard InChI is InChI=1S/C20H27N5O/c1-21-20(25-15-17-7-5-6-12-22-17)24-14-16-10-11-19(23-13-16)26-18-8-3-2-4-9-18/h5-7,10-13,18H,2-4,8-9,14-15H2,1H3,(H2,21,24,25). The minimum atomic E-state index is 0.329. The van der Waals surface area contributed by atoms with Crippen molar-refractivity contribution < 1.29 is 4.74 Å². The first-order valence-corrected chi connectivity index (χ1v) is 9.29. The van der Waals surface area contributed by atoms with E-state index >= 15 is 0 Å². The largest absolute Gasteiger partial charge is 0.474 e. The zero-order valence-electron chi connectivity index (χ0n) is 15.3. The maximum Gasteiger partial charge on any atom is 0.213 e. The fraction of sp³-hybridized carbons (Fsp3) is 0.450. The number of nitrogens with one attached hydrogen (secondary N) is 2. The quantitative estimate of drug-likeness (QED) is 0.617. The maximum absolute atomic E-state index is 5.97. The Bertz CT molecular complexity index is 681. The van der Waals surface area contributed by atoms with Gasteiger partial charge in [-0.15, -0.1) is 0 Å². The Morgan fingerprint density at radius 2 is 1.92 bits per heavy atom. The van der Waals surface area contributed by atoms with Crippen LogP contribution in [0.1, 0.15) is 43.4 Å². The van der Waals surface area contributed by atoms with E-state index in [2.05, 4.69) is 25.6 Å². The minimum Gasteiger partial charge on any atom is -0.474 e. The molecule has 0 spiro atoms. The third-order valence-electron chi connectivity index (χ3n) is 4.48. The molecule has 0 aliphatic heterocycles. The van der Waals surface area contributed by atoms with Crippen molar-refractivity contribution in [3.05, 3.63) is 54.0 Å². The smallest absolute Gasteiger partial charge is 0.213 e. The lowest BCUT2D eigenvalue weighted by molar-refractivity contribution is 0.148. The van der Waals surface area contributed by atoms with E-state index in [0.717, 1.165) is 35.9 Å². The second-order valence-corrected chi connectivity index (χ2v) is 6.48. The maximum atomic E-state index is 5.97. The van der Waals surface area contributed by atoms with Crippen molar-refractivity contribution in [3.63, 3.8) is 0 Å². The van der Waals surface area contributed by atoms with E-state index in [9.17, 15) is 0 Å². The third kappa shape index (κ3) is 5.72. The lowest BCUT2D eigenvalue weighted by atomic mass is 9.98. The van der Waals surface area contributed by atoms with Gasteiger partial charge < -0.3 is 15.4 Å². The molecule has 138 valence electrons. The molecule has 0 aromatic carbocycles. The molecule has 2 N–H and O–H groups in total. The number of nitrogens with zero attached hydrogens (tertiary/aromatic N) is 3. The first-order chi connectivity index (χ1) is 12.8. The number of rotatable bonds is 6. The fourth-order valence-electron chi connectivity index (χ4n) is 3.02. The van der Waals surface area contributed by atoms with Crippen LogP contribution in [-0.2, 0) is 13.1 Å². The highest BCUT2D eigenvalue weighted by atomic mass is 16.5. The average molecular weight is 353 g/mol. The summed E-state index contributed by atoms with van der Waals surface area (Å²) in [5.41, 5.74) is 2.06. The zero-order chi connectivity index (χ0) is 18.0. The van der Waals surface area contributed by atoms with Crippen LogP contribution >= 0.6 is 0 Å². The summed E-state index contributed by atoms with van der Waals surface area (Å²) < 4.78 is 5.97. The van der Waals surface area contributed by atoms with Crippen molar-refractivity contribution in [1.82, 2.24) is 20.6 Å². The highest BCUT2D eigenvalue weighted by molar-refractivity contribution is 5.79. The Hall–Kier alpha value is -2.63. The van der Waals surface area contributed by atoms with Crippen molar-refractivity contribution in [3.8, 4) is 5.88 Å². The van der Waals surface area contributed by atoms with E-state index in [1.807, 2.05) is 36.5 Å². The summed E-state index contributed by atoms with van der Waals surface area (Å²) in [6.45, 7) is 1.28. The summed E-state index contributed by atoms with van der Waals surface area (Å²) in [6, 6.07) is 9.86. The van der Waals surface area contributed by atoms with Crippen LogP contribution in [0.4, 0.5) is 0 Å². The van der Waals surface area contributed by atoms with E-state index < -0.39 is 0 Å². The van der Waals surface area contributed by atoms with Crippen LogP contribution in [0.5, 0.6) is 5.88 Å². The van der Waals surface area contributed by atoms with Crippen molar-refractivity contribution >= 4 is 5.96 Å². The molecular weight excluding hydrogens is 326 g/mol. The molecule has 1 saturated carbocycles. The summed E-state index contributed by atoms with van der Waals surface area (Å²) >= 11 is 0. The van der Waals surface area contributed by atoms with Gasteiger partial charge >= 0.3 is 0 Å². The van der Waals surface area contributed by atoms with E-state index in [-0.39, 0.29) is 0 Å². The molecule has 3 rings (SSSR count). The molecule has 6 heteroatoms. The molecule has 1 aliphatic carbocycles. The van der Waals surface area contributed by atoms with E-state index in [0.29, 0.717) is 19.2 Å². The van der Waals surface area contributed by atoms with Crippen molar-refractivity contribution in [2.24, 2.45) is 4.99 Å². The van der Waals surface area contributed by atoms with Gasteiger partial charge in [-0.25, -0.2) is 4.98 Å². The van der Waals surface area contributed by atoms with E-state index in [1.54, 1.807) is 13.2 Å². The van der Waals surface area contributed by atoms with Gasteiger partial charge in [-0.1, -0.05) is 18.6 Å². The molecule has 1 fully saturated rings. The summed E-state index contributed by atoms with van der Waals surface area (Å²) in [5, 5.41) is 6.54. The normalized spacial score (nSPS) is 15.5. The van der Waals surface area contributed by atoms with Gasteiger partial charge in [0.05, 0.1) is 12.2 Å². The van der Waals surface area contributed by atoms with Crippen molar-refractivity contribution in [2.45, 2.75) is 51.3 Å². The summed E-state index contributed by atoms with van der Waals surface area (Å²) in [7, 11) is 1.76. The number of aliphatic imine (C=N–C) groups is 1. The molecular formula is C20H27N5O. The van der Waals surface area contributed by atoms with Gasteiger partial charge in [0, 0.05) is 32.1 Å². The molecule has 1 aliphatic rings. The molecule has 0 bridgehead atoms. The molecule has 0 radical (unpaired) electrons. The van der Waals surface area contributed by atoms with Crippen LogP contribution in [0.2, 0.25) is 0 Å². The van der Waals surface area contributed by atoms with Gasteiger partial charge in [0.1, 0.15) is 6.10 Å². The number of pyridine rings is 2. The lowest BCUT2D eigenvalue weighted by Gasteiger charge is -2.22. The van der Waals surface area contributed by atoms with Crippen LogP contribution in [-0.4, -0.2) is 29.1 Å². The van der Waals surface area contributed by atoms with Gasteiger partial charge in [0.15, 0.2) is 5.96 Å². The molecule has 0 atom stereocenters. The molecule has 2 aromatic rings. The highest BCUT2D eigenvalue weighted by Crippen LogP contribution is 2.22. The molecule has 26 heavy (non-hydrogen) atoms. The van der Waals surface area contributed by atoms with Gasteiger partial charge in [0.25, 0.3) is 0 Å². The molecule has 0 amide bonds. The van der Waals surface area contributed by atoms with Gasteiger partial charge in [-0.3, -0.25) is 9.98 Å². The average Bonchev–Trinajstić information content (AvgIpc) is 2.71. The second kappa shape index (κ2) is 9.75. The lowest BCUT2D eigenvalue weighted by Crippen LogP contribution is -2.36. The van der Waals surface area contributed by atoms with E-state index in [4.69, 9.17) is 4.74 Å². The molecule has 6 nitrogen and oxygen atoms in total. The minimum absolute atomic E-state index is 0.329. The Morgan fingerprint density at radius 1 is 1.08 bits per heavy atom. The zero-order valence-corrected chi connectivity index (χ0v) is 15.3. The van der Waals surface area contributed by atoms with Crippen LogP contribution in [0.3, 0.4) is 0 Å². The monoisotopic (exact) mass is 353 g/mol. The van der Waals surface area contributed by atoms with Gasteiger partial charge in [-0.05, 0) is 43.4 Å². The second-order valence-electron chi connectivity index (χ2n) is 6.48. The Labute approximate surface area is 155 Å². The van der Waals surface area contributed by atoms with Gasteiger partial charge in [0.2, 0.25) is 5.88 Å². The van der Waals surface area contributed by atoms with Crippen LogP contribution in [0.15, 0.2) is 47.7 Å². The summed E-state index contributed by atoms with van der Waals surface area (Å²) in [4.78, 5) is 13.0. The molecule has 0 saturated heterocycles. The number of hydrogen-bond donors (Lipinski definition) is 2. The van der Waals surface area contributed by atoms with Gasteiger partial charge in [-0.2, -0.15) is 0 Å². The number of hydrogen-bond acceptors (Lipinski definition) is 4. The third-order valence-corrected chi connectivity index (χ3v) is 4.48.